The summed E-state index contributed by atoms with van der Waals surface area (Å²) < 4.78 is 5.33. The average Bonchev–Trinajstić information content (AvgIpc) is 2.31. The Morgan fingerprint density at radius 3 is 3.09 bits per heavy atom. The second kappa shape index (κ2) is 2.16. The lowest BCUT2D eigenvalue weighted by Gasteiger charge is -2.01. The molecule has 57 valence electrons. The predicted molar refractivity (Wildman–Crippen MR) is 40.4 cm³/mol. The monoisotopic (exact) mass is 149 g/mol. The molecule has 1 aliphatic rings. The SMILES string of the molecule is CC1Cc2cccc([O])c2O1. The smallest absolute Gasteiger partial charge is 0.220 e. The molecule has 0 aliphatic carbocycles. The number of para-hydroxylation sites is 1. The molecule has 2 rings (SSSR count). The normalized spacial score (nSPS) is 21.0. The number of fused-ring (bicyclic) bond motifs is 1. The topological polar surface area (TPSA) is 29.1 Å². The molecule has 0 saturated heterocycles. The Kier molecular flexibility index (Phi) is 1.28. The van der Waals surface area contributed by atoms with Crippen molar-refractivity contribution >= 4 is 0 Å². The molecule has 2 nitrogen and oxygen atoms in total. The molecular weight excluding hydrogens is 140 g/mol. The molecule has 1 aromatic carbocycles. The minimum absolute atomic E-state index is 0.00634. The lowest BCUT2D eigenvalue weighted by Crippen LogP contribution is -2.05. The van der Waals surface area contributed by atoms with E-state index in [9.17, 15) is 5.11 Å². The molecule has 0 fully saturated rings. The summed E-state index contributed by atoms with van der Waals surface area (Å²) in [5.41, 5.74) is 1.05. The summed E-state index contributed by atoms with van der Waals surface area (Å²) >= 11 is 0. The van der Waals surface area contributed by atoms with Gasteiger partial charge in [0.15, 0.2) is 5.75 Å². The molecule has 1 aromatic rings. The summed E-state index contributed by atoms with van der Waals surface area (Å²) in [5.74, 6) is 0.562. The Morgan fingerprint density at radius 1 is 1.55 bits per heavy atom. The third-order valence-electron chi connectivity index (χ3n) is 1.89. The van der Waals surface area contributed by atoms with E-state index in [-0.39, 0.29) is 11.9 Å². The first-order chi connectivity index (χ1) is 5.27. The zero-order valence-corrected chi connectivity index (χ0v) is 6.33. The fourth-order valence-electron chi connectivity index (χ4n) is 1.41. The lowest BCUT2D eigenvalue weighted by atomic mass is 10.1. The van der Waals surface area contributed by atoms with E-state index in [2.05, 4.69) is 0 Å². The van der Waals surface area contributed by atoms with Crippen molar-refractivity contribution in [1.82, 2.24) is 0 Å². The first-order valence-corrected chi connectivity index (χ1v) is 3.73. The van der Waals surface area contributed by atoms with Gasteiger partial charge in [-0.2, -0.15) is 0 Å². The highest BCUT2D eigenvalue weighted by atomic mass is 16.5. The van der Waals surface area contributed by atoms with E-state index < -0.39 is 0 Å². The van der Waals surface area contributed by atoms with Crippen LogP contribution in [0.3, 0.4) is 0 Å². The van der Waals surface area contributed by atoms with E-state index in [1.54, 1.807) is 6.07 Å². The first-order valence-electron chi connectivity index (χ1n) is 3.73. The van der Waals surface area contributed by atoms with Crippen LogP contribution in [-0.4, -0.2) is 6.10 Å². The number of ether oxygens (including phenoxy) is 1. The molecule has 11 heavy (non-hydrogen) atoms. The van der Waals surface area contributed by atoms with Gasteiger partial charge in [-0.25, -0.2) is 0 Å². The molecule has 0 spiro atoms. The Balaban J connectivity index is 2.49. The van der Waals surface area contributed by atoms with Gasteiger partial charge in [0.2, 0.25) is 5.75 Å². The minimum Gasteiger partial charge on any atom is -0.486 e. The van der Waals surface area contributed by atoms with Gasteiger partial charge < -0.3 is 4.74 Å². The maximum absolute atomic E-state index is 11.1. The standard InChI is InChI=1S/C9H9O2/c1-6-5-7-3-2-4-8(10)9(7)11-6/h2-4,6H,5H2,1H3. The Hall–Kier alpha value is -1.18. The van der Waals surface area contributed by atoms with Crippen LogP contribution < -0.4 is 4.74 Å². The Labute approximate surface area is 65.4 Å². The highest BCUT2D eigenvalue weighted by molar-refractivity contribution is 5.47. The Morgan fingerprint density at radius 2 is 2.36 bits per heavy atom. The van der Waals surface area contributed by atoms with Gasteiger partial charge in [0, 0.05) is 12.0 Å². The van der Waals surface area contributed by atoms with Crippen molar-refractivity contribution in [2.45, 2.75) is 19.4 Å². The molecule has 1 unspecified atom stereocenters. The highest BCUT2D eigenvalue weighted by Crippen LogP contribution is 2.36. The second-order valence-electron chi connectivity index (χ2n) is 2.88. The maximum Gasteiger partial charge on any atom is 0.220 e. The molecule has 2 heteroatoms. The van der Waals surface area contributed by atoms with Crippen molar-refractivity contribution in [3.8, 4) is 11.5 Å². The van der Waals surface area contributed by atoms with Gasteiger partial charge in [-0.15, -0.1) is 0 Å². The van der Waals surface area contributed by atoms with Gasteiger partial charge in [0.25, 0.3) is 0 Å². The van der Waals surface area contributed by atoms with Gasteiger partial charge in [-0.1, -0.05) is 12.1 Å². The summed E-state index contributed by atoms with van der Waals surface area (Å²) in [5, 5.41) is 11.1. The third kappa shape index (κ3) is 0.946. The predicted octanol–water partition coefficient (Wildman–Crippen LogP) is 2.15. The fraction of sp³-hybridized carbons (Fsp3) is 0.333. The molecule has 1 heterocycles. The van der Waals surface area contributed by atoms with E-state index in [1.165, 1.54) is 6.07 Å². The van der Waals surface area contributed by atoms with Crippen LogP contribution in [0.5, 0.6) is 11.5 Å². The molecule has 0 aromatic heterocycles. The molecular formula is C9H9O2. The number of benzene rings is 1. The van der Waals surface area contributed by atoms with Gasteiger partial charge in [-0.05, 0) is 13.0 Å². The van der Waals surface area contributed by atoms with E-state index in [0.717, 1.165) is 12.0 Å². The van der Waals surface area contributed by atoms with E-state index in [0.29, 0.717) is 5.75 Å². The quantitative estimate of drug-likeness (QED) is 0.555. The van der Waals surface area contributed by atoms with Gasteiger partial charge in [0.1, 0.15) is 6.10 Å². The Bertz CT molecular complexity index is 281. The van der Waals surface area contributed by atoms with E-state index >= 15 is 0 Å². The summed E-state index contributed by atoms with van der Waals surface area (Å²) in [6, 6.07) is 5.26. The van der Waals surface area contributed by atoms with Crippen LogP contribution in [0.4, 0.5) is 0 Å². The zero-order chi connectivity index (χ0) is 7.84. The van der Waals surface area contributed by atoms with Crippen molar-refractivity contribution in [2.24, 2.45) is 0 Å². The lowest BCUT2D eigenvalue weighted by molar-refractivity contribution is 0.235. The summed E-state index contributed by atoms with van der Waals surface area (Å²) in [4.78, 5) is 0. The van der Waals surface area contributed by atoms with Crippen molar-refractivity contribution in [3.05, 3.63) is 23.8 Å². The highest BCUT2D eigenvalue weighted by Gasteiger charge is 2.21. The summed E-state index contributed by atoms with van der Waals surface area (Å²) in [6.45, 7) is 1.97. The third-order valence-corrected chi connectivity index (χ3v) is 1.89. The number of hydrogen-bond donors (Lipinski definition) is 0. The van der Waals surface area contributed by atoms with Gasteiger partial charge >= 0.3 is 0 Å². The van der Waals surface area contributed by atoms with Crippen LogP contribution in [-0.2, 0) is 11.5 Å². The molecule has 1 atom stereocenters. The molecule has 0 saturated carbocycles. The van der Waals surface area contributed by atoms with Crippen molar-refractivity contribution in [3.63, 3.8) is 0 Å². The van der Waals surface area contributed by atoms with E-state index in [4.69, 9.17) is 4.74 Å². The van der Waals surface area contributed by atoms with Crippen LogP contribution >= 0.6 is 0 Å². The molecule has 0 bridgehead atoms. The van der Waals surface area contributed by atoms with Gasteiger partial charge in [-0.3, -0.25) is 5.11 Å². The number of rotatable bonds is 0. The summed E-state index contributed by atoms with van der Waals surface area (Å²) in [6.07, 6.45) is 1.03. The van der Waals surface area contributed by atoms with Crippen LogP contribution in [0.1, 0.15) is 12.5 Å². The zero-order valence-electron chi connectivity index (χ0n) is 6.33. The minimum atomic E-state index is 0.00634. The van der Waals surface area contributed by atoms with Crippen molar-refractivity contribution < 1.29 is 9.84 Å². The van der Waals surface area contributed by atoms with E-state index in [1.807, 2.05) is 13.0 Å². The average molecular weight is 149 g/mol. The largest absolute Gasteiger partial charge is 0.486 e. The fourth-order valence-corrected chi connectivity index (χ4v) is 1.41. The van der Waals surface area contributed by atoms with Crippen molar-refractivity contribution in [1.29, 1.82) is 0 Å². The number of hydrogen-bond acceptors (Lipinski definition) is 1. The first kappa shape index (κ1) is 6.53. The molecule has 1 radical (unpaired) electrons. The molecule has 0 N–H and O–H groups in total. The van der Waals surface area contributed by atoms with Crippen molar-refractivity contribution in [2.75, 3.05) is 0 Å². The second-order valence-corrected chi connectivity index (χ2v) is 2.88. The molecule has 1 aliphatic heterocycles. The van der Waals surface area contributed by atoms with Crippen LogP contribution in [0.15, 0.2) is 18.2 Å². The van der Waals surface area contributed by atoms with Crippen LogP contribution in [0.2, 0.25) is 0 Å². The maximum atomic E-state index is 11.1. The van der Waals surface area contributed by atoms with Crippen LogP contribution in [0, 0.1) is 0 Å². The summed E-state index contributed by atoms with van der Waals surface area (Å²) in [7, 11) is 0. The van der Waals surface area contributed by atoms with Gasteiger partial charge in [0.05, 0.1) is 0 Å². The van der Waals surface area contributed by atoms with Crippen LogP contribution in [0.25, 0.3) is 0 Å². The molecule has 0 amide bonds.